The quantitative estimate of drug-likeness (QED) is 0.751. The van der Waals surface area contributed by atoms with Crippen LogP contribution in [0.1, 0.15) is 26.2 Å². The van der Waals surface area contributed by atoms with Crippen molar-refractivity contribution in [2.24, 2.45) is 5.73 Å². The van der Waals surface area contributed by atoms with Gasteiger partial charge in [0, 0.05) is 39.3 Å². The minimum Gasteiger partial charge on any atom is -0.392 e. The van der Waals surface area contributed by atoms with Gasteiger partial charge in [-0.05, 0) is 26.2 Å². The predicted molar refractivity (Wildman–Crippen MR) is 77.9 cm³/mol. The van der Waals surface area contributed by atoms with Crippen molar-refractivity contribution >= 4 is 17.2 Å². The van der Waals surface area contributed by atoms with Gasteiger partial charge in [-0.25, -0.2) is 0 Å². The minimum absolute atomic E-state index is 0.236. The molecule has 104 valence electrons. The van der Waals surface area contributed by atoms with E-state index in [2.05, 4.69) is 16.7 Å². The number of nitrogens with two attached hydrogens (primary N) is 1. The molecule has 0 bridgehead atoms. The van der Waals surface area contributed by atoms with Gasteiger partial charge < -0.3 is 15.4 Å². The summed E-state index contributed by atoms with van der Waals surface area (Å²) in [6.45, 7) is 8.63. The number of nitrogens with zero attached hydrogens (tertiary/aromatic N) is 2. The van der Waals surface area contributed by atoms with Gasteiger partial charge in [0.1, 0.15) is 0 Å². The second kappa shape index (κ2) is 6.80. The molecule has 2 rings (SSSR count). The van der Waals surface area contributed by atoms with E-state index in [1.54, 1.807) is 0 Å². The Morgan fingerprint density at radius 3 is 2.67 bits per heavy atom. The van der Waals surface area contributed by atoms with E-state index in [0.717, 1.165) is 32.8 Å². The molecule has 2 aliphatic rings. The van der Waals surface area contributed by atoms with Crippen LogP contribution in [-0.2, 0) is 4.74 Å². The van der Waals surface area contributed by atoms with E-state index < -0.39 is 0 Å². The number of hydrogen-bond donors (Lipinski definition) is 1. The lowest BCUT2D eigenvalue weighted by atomic mass is 10.1. The smallest absolute Gasteiger partial charge is 0.0899 e. The lowest BCUT2D eigenvalue weighted by molar-refractivity contribution is 0.0752. The fraction of sp³-hybridized carbons (Fsp3) is 0.923. The van der Waals surface area contributed by atoms with Crippen molar-refractivity contribution in [3.05, 3.63) is 0 Å². The summed E-state index contributed by atoms with van der Waals surface area (Å²) in [5.74, 6) is 0. The molecule has 18 heavy (non-hydrogen) atoms. The van der Waals surface area contributed by atoms with Crippen LogP contribution >= 0.6 is 12.2 Å². The van der Waals surface area contributed by atoms with Crippen LogP contribution in [0.4, 0.5) is 0 Å². The lowest BCUT2D eigenvalue weighted by Crippen LogP contribution is -2.52. The Morgan fingerprint density at radius 2 is 2.11 bits per heavy atom. The molecule has 2 aliphatic heterocycles. The average molecular weight is 271 g/mol. The molecule has 0 aromatic carbocycles. The summed E-state index contributed by atoms with van der Waals surface area (Å²) in [4.78, 5) is 5.53. The molecule has 4 nitrogen and oxygen atoms in total. The van der Waals surface area contributed by atoms with Crippen LogP contribution in [0.3, 0.4) is 0 Å². The van der Waals surface area contributed by atoms with Gasteiger partial charge in [-0.2, -0.15) is 0 Å². The Kier molecular flexibility index (Phi) is 5.36. The first kappa shape index (κ1) is 14.2. The molecular weight excluding hydrogens is 246 g/mol. The SMILES string of the molecule is CC(C(N)=S)N1CCN(CCC2CCCO2)CC1. The molecule has 5 heteroatoms. The third-order valence-corrected chi connectivity index (χ3v) is 4.50. The highest BCUT2D eigenvalue weighted by molar-refractivity contribution is 7.80. The van der Waals surface area contributed by atoms with Gasteiger partial charge in [0.25, 0.3) is 0 Å². The molecule has 2 unspecified atom stereocenters. The van der Waals surface area contributed by atoms with Crippen molar-refractivity contribution in [1.29, 1.82) is 0 Å². The average Bonchev–Trinajstić information content (AvgIpc) is 2.89. The number of ether oxygens (including phenoxy) is 1. The first-order valence-corrected chi connectivity index (χ1v) is 7.45. The summed E-state index contributed by atoms with van der Waals surface area (Å²) < 4.78 is 5.66. The summed E-state index contributed by atoms with van der Waals surface area (Å²) in [5, 5.41) is 0. The zero-order chi connectivity index (χ0) is 13.0. The van der Waals surface area contributed by atoms with Crippen molar-refractivity contribution in [2.75, 3.05) is 39.3 Å². The third kappa shape index (κ3) is 3.88. The van der Waals surface area contributed by atoms with Crippen LogP contribution < -0.4 is 5.73 Å². The Morgan fingerprint density at radius 1 is 1.39 bits per heavy atom. The zero-order valence-electron chi connectivity index (χ0n) is 11.3. The molecule has 2 heterocycles. The zero-order valence-corrected chi connectivity index (χ0v) is 12.1. The molecule has 0 amide bonds. The van der Waals surface area contributed by atoms with E-state index in [4.69, 9.17) is 22.7 Å². The maximum absolute atomic E-state index is 5.70. The number of rotatable bonds is 5. The summed E-state index contributed by atoms with van der Waals surface area (Å²) in [7, 11) is 0. The van der Waals surface area contributed by atoms with Gasteiger partial charge in [0.15, 0.2) is 0 Å². The molecular formula is C13H25N3OS. The molecule has 0 aromatic rings. The molecule has 0 spiro atoms. The standard InChI is InChI=1S/C13H25N3OS/c1-11(13(14)18)16-8-6-15(7-9-16)5-4-12-3-2-10-17-12/h11-12H,2-10H2,1H3,(H2,14,18). The lowest BCUT2D eigenvalue weighted by Gasteiger charge is -2.37. The van der Waals surface area contributed by atoms with E-state index in [0.29, 0.717) is 11.1 Å². The van der Waals surface area contributed by atoms with Gasteiger partial charge in [-0.1, -0.05) is 12.2 Å². The maximum atomic E-state index is 5.70. The Hall–Kier alpha value is -0.230. The molecule has 2 N–H and O–H groups in total. The Labute approximate surface area is 115 Å². The second-order valence-corrected chi connectivity index (χ2v) is 5.85. The number of thiocarbonyl (C=S) groups is 1. The highest BCUT2D eigenvalue weighted by atomic mass is 32.1. The first-order valence-electron chi connectivity index (χ1n) is 7.04. The molecule has 2 saturated heterocycles. The highest BCUT2D eigenvalue weighted by Gasteiger charge is 2.23. The monoisotopic (exact) mass is 271 g/mol. The van der Waals surface area contributed by atoms with E-state index in [1.165, 1.54) is 25.8 Å². The van der Waals surface area contributed by atoms with Gasteiger partial charge in [-0.3, -0.25) is 4.90 Å². The van der Waals surface area contributed by atoms with Gasteiger partial charge in [-0.15, -0.1) is 0 Å². The van der Waals surface area contributed by atoms with Crippen LogP contribution in [0, 0.1) is 0 Å². The van der Waals surface area contributed by atoms with Crippen LogP contribution in [0.2, 0.25) is 0 Å². The topological polar surface area (TPSA) is 41.7 Å². The summed E-state index contributed by atoms with van der Waals surface area (Å²) >= 11 is 5.06. The van der Waals surface area contributed by atoms with Crippen molar-refractivity contribution in [3.8, 4) is 0 Å². The molecule has 2 fully saturated rings. The van der Waals surface area contributed by atoms with E-state index in [1.807, 2.05) is 0 Å². The second-order valence-electron chi connectivity index (χ2n) is 5.38. The third-order valence-electron chi connectivity index (χ3n) is 4.16. The Bertz CT molecular complexity index is 273. The van der Waals surface area contributed by atoms with Gasteiger partial charge in [0.05, 0.1) is 17.1 Å². The van der Waals surface area contributed by atoms with Gasteiger partial charge >= 0.3 is 0 Å². The molecule has 0 aliphatic carbocycles. The molecule has 2 atom stereocenters. The van der Waals surface area contributed by atoms with E-state index >= 15 is 0 Å². The van der Waals surface area contributed by atoms with Crippen molar-refractivity contribution in [3.63, 3.8) is 0 Å². The van der Waals surface area contributed by atoms with Gasteiger partial charge in [0.2, 0.25) is 0 Å². The van der Waals surface area contributed by atoms with Crippen LogP contribution in [0.25, 0.3) is 0 Å². The van der Waals surface area contributed by atoms with Crippen molar-refractivity contribution in [1.82, 2.24) is 9.80 Å². The number of piperazine rings is 1. The van der Waals surface area contributed by atoms with Crippen LogP contribution in [0.15, 0.2) is 0 Å². The fourth-order valence-electron chi connectivity index (χ4n) is 2.75. The normalized spacial score (nSPS) is 28.4. The van der Waals surface area contributed by atoms with Crippen LogP contribution in [-0.4, -0.2) is 66.3 Å². The van der Waals surface area contributed by atoms with Crippen molar-refractivity contribution in [2.45, 2.75) is 38.3 Å². The summed E-state index contributed by atoms with van der Waals surface area (Å²) in [5.41, 5.74) is 5.70. The fourth-order valence-corrected chi connectivity index (χ4v) is 2.90. The van der Waals surface area contributed by atoms with E-state index in [-0.39, 0.29) is 6.04 Å². The number of hydrogen-bond acceptors (Lipinski definition) is 4. The molecule has 0 saturated carbocycles. The van der Waals surface area contributed by atoms with E-state index in [9.17, 15) is 0 Å². The highest BCUT2D eigenvalue weighted by Crippen LogP contribution is 2.16. The molecule has 0 radical (unpaired) electrons. The summed E-state index contributed by atoms with van der Waals surface area (Å²) in [6, 6.07) is 0.236. The largest absolute Gasteiger partial charge is 0.392 e. The Balaban J connectivity index is 1.65. The van der Waals surface area contributed by atoms with Crippen LogP contribution in [0.5, 0.6) is 0 Å². The maximum Gasteiger partial charge on any atom is 0.0899 e. The first-order chi connectivity index (χ1) is 8.66. The minimum atomic E-state index is 0.236. The van der Waals surface area contributed by atoms with Crippen molar-refractivity contribution < 1.29 is 4.74 Å². The molecule has 0 aromatic heterocycles. The predicted octanol–water partition coefficient (Wildman–Crippen LogP) is 0.848. The summed E-state index contributed by atoms with van der Waals surface area (Å²) in [6.07, 6.45) is 4.19.